The summed E-state index contributed by atoms with van der Waals surface area (Å²) in [5, 5.41) is 11.8. The molecule has 4 N–H and O–H groups in total. The molecule has 90 valence electrons. The van der Waals surface area contributed by atoms with Gasteiger partial charge in [-0.3, -0.25) is 14.5 Å². The number of amides is 1. The summed E-state index contributed by atoms with van der Waals surface area (Å²) >= 11 is 0. The summed E-state index contributed by atoms with van der Waals surface area (Å²) in [5.74, 6) is -0.855. The number of carboxylic acids is 1. The quantitative estimate of drug-likeness (QED) is 0.560. The van der Waals surface area contributed by atoms with Gasteiger partial charge in [0.1, 0.15) is 5.54 Å². The molecule has 0 aliphatic carbocycles. The number of carbonyl (C=O) groups is 2. The van der Waals surface area contributed by atoms with Crippen LogP contribution in [0.25, 0.3) is 0 Å². The topological polar surface area (TPSA) is 95.7 Å². The normalized spacial score (nSPS) is 35.3. The maximum atomic E-state index is 11.0. The van der Waals surface area contributed by atoms with Crippen molar-refractivity contribution in [3.8, 4) is 0 Å². The van der Waals surface area contributed by atoms with E-state index < -0.39 is 11.5 Å². The number of hydrogen-bond acceptors (Lipinski definition) is 4. The van der Waals surface area contributed by atoms with Gasteiger partial charge in [0.05, 0.1) is 0 Å². The number of nitrogens with two attached hydrogens (primary N) is 1. The number of rotatable bonds is 3. The van der Waals surface area contributed by atoms with Crippen LogP contribution < -0.4 is 11.1 Å². The molecule has 2 saturated heterocycles. The highest BCUT2D eigenvalue weighted by atomic mass is 16.4. The second kappa shape index (κ2) is 4.03. The summed E-state index contributed by atoms with van der Waals surface area (Å²) in [6, 6.07) is 0.156. The van der Waals surface area contributed by atoms with Crippen LogP contribution in [-0.4, -0.2) is 53.1 Å². The number of aliphatic carboxylic acids is 1. The van der Waals surface area contributed by atoms with Crippen molar-refractivity contribution < 1.29 is 14.7 Å². The molecule has 0 radical (unpaired) electrons. The van der Waals surface area contributed by atoms with Gasteiger partial charge in [-0.2, -0.15) is 0 Å². The Morgan fingerprint density at radius 1 is 1.69 bits per heavy atom. The summed E-state index contributed by atoms with van der Waals surface area (Å²) in [6.07, 6.45) is 1.88. The number of hydrogen-bond donors (Lipinski definition) is 3. The lowest BCUT2D eigenvalue weighted by molar-refractivity contribution is -0.142. The molecule has 1 amide bonds. The lowest BCUT2D eigenvalue weighted by Gasteiger charge is -2.22. The third-order valence-electron chi connectivity index (χ3n) is 3.37. The van der Waals surface area contributed by atoms with Gasteiger partial charge in [-0.15, -0.1) is 0 Å². The van der Waals surface area contributed by atoms with Gasteiger partial charge in [0.25, 0.3) is 0 Å². The molecule has 2 aliphatic rings. The first-order valence-electron chi connectivity index (χ1n) is 5.54. The third-order valence-corrected chi connectivity index (χ3v) is 3.37. The lowest BCUT2D eigenvalue weighted by Crippen LogP contribution is -2.51. The van der Waals surface area contributed by atoms with Crippen molar-refractivity contribution in [1.82, 2.24) is 10.2 Å². The fourth-order valence-electron chi connectivity index (χ4n) is 2.37. The first-order valence-corrected chi connectivity index (χ1v) is 5.54. The van der Waals surface area contributed by atoms with Crippen molar-refractivity contribution in [3.63, 3.8) is 0 Å². The van der Waals surface area contributed by atoms with Gasteiger partial charge in [-0.1, -0.05) is 0 Å². The number of nitrogens with one attached hydrogen (secondary N) is 1. The number of carbonyl (C=O) groups excluding carboxylic acids is 1. The molecule has 2 fully saturated rings. The van der Waals surface area contributed by atoms with E-state index in [1.165, 1.54) is 0 Å². The fraction of sp³-hybridized carbons (Fsp3) is 0.800. The number of nitrogens with zero attached hydrogens (tertiary/aromatic N) is 1. The molecular formula is C10H17N3O3. The first kappa shape index (κ1) is 11.3. The van der Waals surface area contributed by atoms with Crippen LogP contribution in [-0.2, 0) is 9.59 Å². The van der Waals surface area contributed by atoms with Gasteiger partial charge in [0.2, 0.25) is 5.91 Å². The van der Waals surface area contributed by atoms with E-state index in [1.54, 1.807) is 0 Å². The molecule has 0 spiro atoms. The molecule has 2 atom stereocenters. The number of likely N-dealkylation sites (tertiary alicyclic amines) is 1. The average molecular weight is 227 g/mol. The summed E-state index contributed by atoms with van der Waals surface area (Å²) in [4.78, 5) is 24.0. The van der Waals surface area contributed by atoms with E-state index in [9.17, 15) is 9.59 Å². The van der Waals surface area contributed by atoms with Gasteiger partial charge >= 0.3 is 5.97 Å². The molecule has 2 unspecified atom stereocenters. The summed E-state index contributed by atoms with van der Waals surface area (Å²) < 4.78 is 0. The van der Waals surface area contributed by atoms with Crippen LogP contribution in [0, 0.1) is 0 Å². The molecule has 2 heterocycles. The molecule has 2 aliphatic heterocycles. The van der Waals surface area contributed by atoms with Crippen LogP contribution in [0.3, 0.4) is 0 Å². The number of carboxylic acid groups (broad SMARTS) is 1. The highest BCUT2D eigenvalue weighted by Gasteiger charge is 2.41. The summed E-state index contributed by atoms with van der Waals surface area (Å²) in [5.41, 5.74) is 4.66. The van der Waals surface area contributed by atoms with E-state index in [1.807, 2.05) is 4.90 Å². The lowest BCUT2D eigenvalue weighted by atomic mass is 10.0. The van der Waals surface area contributed by atoms with Crippen LogP contribution in [0.15, 0.2) is 0 Å². The van der Waals surface area contributed by atoms with E-state index in [4.69, 9.17) is 10.8 Å². The van der Waals surface area contributed by atoms with Gasteiger partial charge in [-0.05, 0) is 12.8 Å². The van der Waals surface area contributed by atoms with Crippen LogP contribution in [0.4, 0.5) is 0 Å². The molecule has 6 nitrogen and oxygen atoms in total. The molecule has 0 bridgehead atoms. The minimum absolute atomic E-state index is 0.0847. The monoisotopic (exact) mass is 227 g/mol. The Kier molecular flexibility index (Phi) is 2.86. The molecule has 2 rings (SSSR count). The Labute approximate surface area is 93.8 Å². The maximum absolute atomic E-state index is 11.0. The van der Waals surface area contributed by atoms with Gasteiger partial charge < -0.3 is 16.2 Å². The standard InChI is InChI=1S/C10H17N3O3/c11-10(9(15)16)3-4-13(6-10)5-7-1-2-8(14)12-7/h7H,1-6,11H2,(H,12,14)(H,15,16). The second-order valence-corrected chi connectivity index (χ2v) is 4.75. The molecular weight excluding hydrogens is 210 g/mol. The van der Waals surface area contributed by atoms with E-state index in [-0.39, 0.29) is 11.9 Å². The van der Waals surface area contributed by atoms with Crippen molar-refractivity contribution >= 4 is 11.9 Å². The zero-order valence-electron chi connectivity index (χ0n) is 9.11. The minimum atomic E-state index is -1.11. The molecule has 0 aromatic carbocycles. The van der Waals surface area contributed by atoms with E-state index in [0.717, 1.165) is 6.42 Å². The van der Waals surface area contributed by atoms with Crippen LogP contribution >= 0.6 is 0 Å². The maximum Gasteiger partial charge on any atom is 0.325 e. The van der Waals surface area contributed by atoms with Crippen LogP contribution in [0.2, 0.25) is 0 Å². The van der Waals surface area contributed by atoms with Crippen molar-refractivity contribution in [2.75, 3.05) is 19.6 Å². The Hall–Kier alpha value is -1.14. The van der Waals surface area contributed by atoms with Crippen LogP contribution in [0.1, 0.15) is 19.3 Å². The van der Waals surface area contributed by atoms with Gasteiger partial charge in [0, 0.05) is 32.1 Å². The Balaban J connectivity index is 1.85. The van der Waals surface area contributed by atoms with Gasteiger partial charge in [-0.25, -0.2) is 0 Å². The molecule has 0 aromatic heterocycles. The molecule has 0 aromatic rings. The van der Waals surface area contributed by atoms with Crippen molar-refractivity contribution in [2.45, 2.75) is 30.8 Å². The average Bonchev–Trinajstić information content (AvgIpc) is 2.75. The Morgan fingerprint density at radius 3 is 2.94 bits per heavy atom. The summed E-state index contributed by atoms with van der Waals surface area (Å²) in [7, 11) is 0. The van der Waals surface area contributed by atoms with E-state index in [2.05, 4.69) is 5.32 Å². The molecule has 16 heavy (non-hydrogen) atoms. The molecule has 0 saturated carbocycles. The third kappa shape index (κ3) is 2.17. The largest absolute Gasteiger partial charge is 0.480 e. The van der Waals surface area contributed by atoms with Crippen molar-refractivity contribution in [2.24, 2.45) is 5.73 Å². The van der Waals surface area contributed by atoms with E-state index >= 15 is 0 Å². The fourth-order valence-corrected chi connectivity index (χ4v) is 2.37. The SMILES string of the molecule is NC1(C(=O)O)CCN(CC2CCC(=O)N2)C1. The second-order valence-electron chi connectivity index (χ2n) is 4.75. The van der Waals surface area contributed by atoms with E-state index in [0.29, 0.717) is 32.5 Å². The Bertz CT molecular complexity index is 320. The summed E-state index contributed by atoms with van der Waals surface area (Å²) in [6.45, 7) is 1.77. The smallest absolute Gasteiger partial charge is 0.325 e. The zero-order valence-corrected chi connectivity index (χ0v) is 9.11. The van der Waals surface area contributed by atoms with Crippen molar-refractivity contribution in [3.05, 3.63) is 0 Å². The van der Waals surface area contributed by atoms with Crippen LogP contribution in [0.5, 0.6) is 0 Å². The first-order chi connectivity index (χ1) is 7.49. The predicted molar refractivity (Wildman–Crippen MR) is 56.8 cm³/mol. The predicted octanol–water partition coefficient (Wildman–Crippen LogP) is -1.25. The highest BCUT2D eigenvalue weighted by Crippen LogP contribution is 2.20. The highest BCUT2D eigenvalue weighted by molar-refractivity contribution is 5.79. The Morgan fingerprint density at radius 2 is 2.44 bits per heavy atom. The minimum Gasteiger partial charge on any atom is -0.480 e. The zero-order chi connectivity index (χ0) is 11.8. The van der Waals surface area contributed by atoms with Gasteiger partial charge in [0.15, 0.2) is 0 Å². The van der Waals surface area contributed by atoms with Crippen molar-refractivity contribution in [1.29, 1.82) is 0 Å². The molecule has 6 heteroatoms.